The summed E-state index contributed by atoms with van der Waals surface area (Å²) in [6.07, 6.45) is 1.15. The highest BCUT2D eigenvalue weighted by molar-refractivity contribution is 5.89. The first kappa shape index (κ1) is 24.2. The molecule has 2 heterocycles. The zero-order valence-electron chi connectivity index (χ0n) is 20.0. The minimum atomic E-state index is -1.05. The molecule has 1 aromatic heterocycles. The lowest BCUT2D eigenvalue weighted by atomic mass is 10.1. The van der Waals surface area contributed by atoms with Crippen LogP contribution in [-0.4, -0.2) is 33.6 Å². The smallest absolute Gasteiger partial charge is 0.322 e. The Morgan fingerprint density at radius 2 is 1.68 bits per heavy atom. The molecule has 4 aromatic rings. The van der Waals surface area contributed by atoms with Crippen LogP contribution in [0.25, 0.3) is 5.69 Å². The number of amides is 2. The number of aromatic nitrogens is 2. The summed E-state index contributed by atoms with van der Waals surface area (Å²) in [7, 11) is 0. The van der Waals surface area contributed by atoms with Crippen LogP contribution in [0.4, 0.5) is 25.2 Å². The van der Waals surface area contributed by atoms with Gasteiger partial charge in [0, 0.05) is 31.3 Å². The van der Waals surface area contributed by atoms with Crippen LogP contribution in [0.15, 0.2) is 83.7 Å². The van der Waals surface area contributed by atoms with E-state index in [9.17, 15) is 18.4 Å². The number of hydrogen-bond acceptors (Lipinski definition) is 4. The molecule has 7 nitrogen and oxygen atoms in total. The van der Waals surface area contributed by atoms with Gasteiger partial charge in [-0.2, -0.15) is 0 Å². The monoisotopic (exact) mass is 501 g/mol. The average Bonchev–Trinajstić information content (AvgIpc) is 2.92. The molecule has 0 aliphatic carbocycles. The maximum atomic E-state index is 13.7. The lowest BCUT2D eigenvalue weighted by molar-refractivity contribution is 0.205. The Labute approximate surface area is 212 Å². The molecule has 0 saturated carbocycles. The third kappa shape index (κ3) is 5.35. The summed E-state index contributed by atoms with van der Waals surface area (Å²) in [5.41, 5.74) is 2.76. The van der Waals surface area contributed by atoms with Crippen LogP contribution in [-0.2, 0) is 19.4 Å². The van der Waals surface area contributed by atoms with E-state index in [4.69, 9.17) is 4.98 Å². The second kappa shape index (κ2) is 10.6. The molecule has 2 amide bonds. The fourth-order valence-electron chi connectivity index (χ4n) is 4.32. The van der Waals surface area contributed by atoms with Gasteiger partial charge in [0.15, 0.2) is 11.6 Å². The molecule has 0 saturated heterocycles. The van der Waals surface area contributed by atoms with Crippen molar-refractivity contribution < 1.29 is 13.6 Å². The van der Waals surface area contributed by atoms with Crippen LogP contribution in [0.3, 0.4) is 0 Å². The number of anilines is 2. The molecule has 2 N–H and O–H groups in total. The predicted molar refractivity (Wildman–Crippen MR) is 138 cm³/mol. The molecule has 5 rings (SSSR count). The molecular weight excluding hydrogens is 476 g/mol. The highest BCUT2D eigenvalue weighted by Crippen LogP contribution is 2.21. The SMILES string of the molecule is O=C(Nc1ccc(F)c(F)c1)N1CCc2nc(NCCc3ccccc3)n(-c3ccccc3)c(=O)c2C1. The number of hydrogen-bond donors (Lipinski definition) is 2. The van der Waals surface area contributed by atoms with Gasteiger partial charge in [0.2, 0.25) is 5.95 Å². The molecule has 37 heavy (non-hydrogen) atoms. The summed E-state index contributed by atoms with van der Waals surface area (Å²) in [5.74, 6) is -1.60. The molecule has 0 unspecified atom stereocenters. The van der Waals surface area contributed by atoms with Crippen LogP contribution in [0, 0.1) is 11.6 Å². The van der Waals surface area contributed by atoms with Gasteiger partial charge in [-0.25, -0.2) is 23.1 Å². The van der Waals surface area contributed by atoms with E-state index in [1.807, 2.05) is 60.7 Å². The summed E-state index contributed by atoms with van der Waals surface area (Å²) < 4.78 is 28.3. The number of fused-ring (bicyclic) bond motifs is 1. The summed E-state index contributed by atoms with van der Waals surface area (Å²) >= 11 is 0. The standard InChI is InChI=1S/C28H25F2N5O2/c29-23-12-11-20(17-24(23)30)32-28(37)34-16-14-25-22(18-34)26(36)35(21-9-5-2-6-10-21)27(33-25)31-15-13-19-7-3-1-4-8-19/h1-12,17H,13-16,18H2,(H,31,33)(H,32,37). The third-order valence-electron chi connectivity index (χ3n) is 6.24. The lowest BCUT2D eigenvalue weighted by Crippen LogP contribution is -2.43. The van der Waals surface area contributed by atoms with E-state index in [1.54, 1.807) is 0 Å². The van der Waals surface area contributed by atoms with Crippen molar-refractivity contribution in [1.82, 2.24) is 14.5 Å². The average molecular weight is 502 g/mol. The van der Waals surface area contributed by atoms with Crippen molar-refractivity contribution >= 4 is 17.7 Å². The largest absolute Gasteiger partial charge is 0.355 e. The highest BCUT2D eigenvalue weighted by atomic mass is 19.2. The topological polar surface area (TPSA) is 79.3 Å². The molecule has 9 heteroatoms. The number of benzene rings is 3. The number of halogens is 2. The molecule has 188 valence electrons. The van der Waals surface area contributed by atoms with Crippen LogP contribution in [0.5, 0.6) is 0 Å². The molecule has 1 aliphatic rings. The second-order valence-corrected chi connectivity index (χ2v) is 8.73. The van der Waals surface area contributed by atoms with Gasteiger partial charge in [0.05, 0.1) is 23.5 Å². The van der Waals surface area contributed by atoms with E-state index < -0.39 is 17.7 Å². The van der Waals surface area contributed by atoms with Crippen molar-refractivity contribution in [2.75, 3.05) is 23.7 Å². The molecule has 0 fully saturated rings. The van der Waals surface area contributed by atoms with Crippen molar-refractivity contribution in [3.8, 4) is 5.69 Å². The minimum Gasteiger partial charge on any atom is -0.355 e. The number of nitrogens with one attached hydrogen (secondary N) is 2. The zero-order chi connectivity index (χ0) is 25.8. The summed E-state index contributed by atoms with van der Waals surface area (Å²) in [6, 6.07) is 21.9. The molecular formula is C28H25F2N5O2. The Hall–Kier alpha value is -4.53. The highest BCUT2D eigenvalue weighted by Gasteiger charge is 2.27. The van der Waals surface area contributed by atoms with Gasteiger partial charge >= 0.3 is 6.03 Å². The van der Waals surface area contributed by atoms with Crippen molar-refractivity contribution in [3.05, 3.63) is 118 Å². The number of carbonyl (C=O) groups is 1. The zero-order valence-corrected chi connectivity index (χ0v) is 20.0. The van der Waals surface area contributed by atoms with E-state index in [0.29, 0.717) is 42.4 Å². The first-order chi connectivity index (χ1) is 18.0. The number of para-hydroxylation sites is 1. The first-order valence-corrected chi connectivity index (χ1v) is 12.0. The molecule has 3 aromatic carbocycles. The molecule has 0 bridgehead atoms. The van der Waals surface area contributed by atoms with Gasteiger partial charge in [-0.05, 0) is 36.2 Å². The fraction of sp³-hybridized carbons (Fsp3) is 0.179. The Bertz CT molecular complexity index is 1480. The van der Waals surface area contributed by atoms with Gasteiger partial charge < -0.3 is 15.5 Å². The van der Waals surface area contributed by atoms with Crippen LogP contribution in [0.1, 0.15) is 16.8 Å². The lowest BCUT2D eigenvalue weighted by Gasteiger charge is -2.29. The Kier molecular flexibility index (Phi) is 6.93. The number of rotatable bonds is 6. The van der Waals surface area contributed by atoms with Crippen LogP contribution in [0.2, 0.25) is 0 Å². The van der Waals surface area contributed by atoms with E-state index in [2.05, 4.69) is 10.6 Å². The van der Waals surface area contributed by atoms with E-state index in [0.717, 1.165) is 18.6 Å². The fourth-order valence-corrected chi connectivity index (χ4v) is 4.32. The minimum absolute atomic E-state index is 0.0494. The number of carbonyl (C=O) groups excluding carboxylic acids is 1. The van der Waals surface area contributed by atoms with Gasteiger partial charge in [0.1, 0.15) is 0 Å². The normalized spacial score (nSPS) is 12.6. The first-order valence-electron chi connectivity index (χ1n) is 12.0. The molecule has 1 aliphatic heterocycles. The molecule has 0 radical (unpaired) electrons. The quantitative estimate of drug-likeness (QED) is 0.400. The molecule has 0 atom stereocenters. The van der Waals surface area contributed by atoms with Crippen molar-refractivity contribution in [3.63, 3.8) is 0 Å². The van der Waals surface area contributed by atoms with Gasteiger partial charge in [-0.15, -0.1) is 0 Å². The van der Waals surface area contributed by atoms with E-state index in [-0.39, 0.29) is 17.8 Å². The van der Waals surface area contributed by atoms with Crippen LogP contribution < -0.4 is 16.2 Å². The predicted octanol–water partition coefficient (Wildman–Crippen LogP) is 4.76. The number of nitrogens with zero attached hydrogens (tertiary/aromatic N) is 3. The number of urea groups is 1. The van der Waals surface area contributed by atoms with Crippen molar-refractivity contribution in [2.45, 2.75) is 19.4 Å². The second-order valence-electron chi connectivity index (χ2n) is 8.73. The maximum absolute atomic E-state index is 13.7. The summed E-state index contributed by atoms with van der Waals surface area (Å²) in [6.45, 7) is 0.965. The van der Waals surface area contributed by atoms with E-state index in [1.165, 1.54) is 21.1 Å². The summed E-state index contributed by atoms with van der Waals surface area (Å²) in [5, 5.41) is 5.89. The third-order valence-corrected chi connectivity index (χ3v) is 6.24. The van der Waals surface area contributed by atoms with Gasteiger partial charge in [-0.1, -0.05) is 48.5 Å². The Balaban J connectivity index is 1.40. The van der Waals surface area contributed by atoms with Gasteiger partial charge in [-0.3, -0.25) is 4.79 Å². The Morgan fingerprint density at radius 1 is 0.946 bits per heavy atom. The van der Waals surface area contributed by atoms with E-state index >= 15 is 0 Å². The van der Waals surface area contributed by atoms with Crippen molar-refractivity contribution in [1.29, 1.82) is 0 Å². The molecule has 0 spiro atoms. The summed E-state index contributed by atoms with van der Waals surface area (Å²) in [4.78, 5) is 32.8. The maximum Gasteiger partial charge on any atom is 0.322 e. The van der Waals surface area contributed by atoms with Crippen LogP contribution >= 0.6 is 0 Å². The van der Waals surface area contributed by atoms with Crippen molar-refractivity contribution in [2.24, 2.45) is 0 Å². The Morgan fingerprint density at radius 3 is 2.41 bits per heavy atom. The van der Waals surface area contributed by atoms with Gasteiger partial charge in [0.25, 0.3) is 5.56 Å².